The van der Waals surface area contributed by atoms with Gasteiger partial charge in [-0.3, -0.25) is 10.8 Å². The summed E-state index contributed by atoms with van der Waals surface area (Å²) in [6.07, 6.45) is 0. The molecule has 0 heterocycles. The Kier molecular flexibility index (Phi) is 17.3. The fraction of sp³-hybridized carbons (Fsp3) is 0. The molecule has 0 spiro atoms. The van der Waals surface area contributed by atoms with Crippen molar-refractivity contribution in [3.63, 3.8) is 0 Å². The Hall–Kier alpha value is -1.17. The summed E-state index contributed by atoms with van der Waals surface area (Å²) in [5, 5.41) is 12.1. The fourth-order valence-corrected chi connectivity index (χ4v) is 0. The monoisotopic (exact) mass is 154 g/mol. The van der Waals surface area contributed by atoms with Gasteiger partial charge in [0.15, 0.2) is 11.9 Å². The van der Waals surface area contributed by atoms with E-state index in [4.69, 9.17) is 10.8 Å². The molecule has 0 saturated heterocycles. The molecule has 0 aliphatic heterocycles. The third-order valence-corrected chi connectivity index (χ3v) is 0. The van der Waals surface area contributed by atoms with Gasteiger partial charge in [-0.25, -0.2) is 0 Å². The van der Waals surface area contributed by atoms with Gasteiger partial charge in [0, 0.05) is 0 Å². The lowest BCUT2D eigenvalue weighted by atomic mass is 11.1. The molecule has 9 heavy (non-hydrogen) atoms. The lowest BCUT2D eigenvalue weighted by Crippen LogP contribution is -2.20. The minimum atomic E-state index is -0.333. The van der Waals surface area contributed by atoms with E-state index >= 15 is 0 Å². The second-order valence-corrected chi connectivity index (χ2v) is 0.911. The molecule has 0 aromatic rings. The highest BCUT2D eigenvalue weighted by Crippen LogP contribution is 1.13. The Morgan fingerprint density at radius 2 is 0.778 bits per heavy atom. The van der Waals surface area contributed by atoms with Gasteiger partial charge in [-0.2, -0.15) is 0 Å². The minimum Gasteiger partial charge on any atom is -0.370 e. The van der Waals surface area contributed by atoms with Crippen LogP contribution < -0.4 is 22.9 Å². The normalized spacial score (nSPS) is 5.33. The van der Waals surface area contributed by atoms with Crippen LogP contribution in [0.4, 0.5) is 0 Å². The highest BCUT2D eigenvalue weighted by Gasteiger charge is 1.52. The van der Waals surface area contributed by atoms with Crippen molar-refractivity contribution in [2.45, 2.75) is 0 Å². The number of rotatable bonds is 0. The smallest absolute Gasteiger partial charge is 0.183 e. The molecule has 56 valence electrons. The topological polar surface area (TPSA) is 152 Å². The second-order valence-electron chi connectivity index (χ2n) is 0.911. The van der Waals surface area contributed by atoms with Crippen molar-refractivity contribution in [3.8, 4) is 0 Å². The summed E-state index contributed by atoms with van der Waals surface area (Å²) in [5.41, 5.74) is 17.9. The number of hydrogen-bond donors (Lipinski definition) is 6. The first kappa shape index (κ1) is 15.7. The third kappa shape index (κ3) is 116. The fourth-order valence-electron chi connectivity index (χ4n) is 0. The second kappa shape index (κ2) is 9.95. The van der Waals surface area contributed by atoms with E-state index in [2.05, 4.69) is 22.9 Å². The Labute approximate surface area is 59.0 Å². The van der Waals surface area contributed by atoms with Gasteiger partial charge in [0.05, 0.1) is 0 Å². The first-order valence-corrected chi connectivity index (χ1v) is 1.65. The summed E-state index contributed by atoms with van der Waals surface area (Å²) in [6, 6.07) is 0. The quantitative estimate of drug-likeness (QED) is 0.178. The van der Waals surface area contributed by atoms with Gasteiger partial charge in [-0.05, 0) is 0 Å². The van der Waals surface area contributed by atoms with Crippen LogP contribution in [0.25, 0.3) is 0 Å². The van der Waals surface area contributed by atoms with Crippen LogP contribution in [0.15, 0.2) is 0 Å². The molecule has 0 aliphatic rings. The molecule has 7 heteroatoms. The zero-order valence-electron chi connectivity index (χ0n) is 4.72. The SMILES string of the molecule is Cl.N=C(N)N.N=C(N)N. The first-order chi connectivity index (χ1) is 3.46. The first-order valence-electron chi connectivity index (χ1n) is 1.65. The predicted molar refractivity (Wildman–Crippen MR) is 39.5 cm³/mol. The van der Waals surface area contributed by atoms with Gasteiger partial charge in [0.1, 0.15) is 0 Å². The maximum Gasteiger partial charge on any atom is 0.183 e. The summed E-state index contributed by atoms with van der Waals surface area (Å²) in [6.45, 7) is 0. The van der Waals surface area contributed by atoms with Crippen molar-refractivity contribution in [2.75, 3.05) is 0 Å². The molecule has 0 saturated carbocycles. The average molecular weight is 155 g/mol. The highest BCUT2D eigenvalue weighted by atomic mass is 35.5. The molecule has 0 bridgehead atoms. The lowest BCUT2D eigenvalue weighted by Gasteiger charge is -1.69. The molecule has 0 aromatic heterocycles. The van der Waals surface area contributed by atoms with Crippen LogP contribution in [0, 0.1) is 10.8 Å². The van der Waals surface area contributed by atoms with Crippen LogP contribution in [-0.2, 0) is 0 Å². The van der Waals surface area contributed by atoms with Crippen LogP contribution in [0.3, 0.4) is 0 Å². The molecular formula is C2H11ClN6. The summed E-state index contributed by atoms with van der Waals surface area (Å²) >= 11 is 0. The van der Waals surface area contributed by atoms with E-state index in [9.17, 15) is 0 Å². The highest BCUT2D eigenvalue weighted by molar-refractivity contribution is 5.85. The van der Waals surface area contributed by atoms with Crippen LogP contribution in [0.5, 0.6) is 0 Å². The van der Waals surface area contributed by atoms with Gasteiger partial charge in [0.25, 0.3) is 0 Å². The van der Waals surface area contributed by atoms with E-state index in [1.54, 1.807) is 0 Å². The Morgan fingerprint density at radius 1 is 0.778 bits per heavy atom. The number of halogens is 1. The van der Waals surface area contributed by atoms with Gasteiger partial charge in [-0.15, -0.1) is 12.4 Å². The molecule has 0 atom stereocenters. The summed E-state index contributed by atoms with van der Waals surface area (Å²) in [4.78, 5) is 0. The summed E-state index contributed by atoms with van der Waals surface area (Å²) < 4.78 is 0. The average Bonchev–Trinajstić information content (AvgIpc) is 1.25. The van der Waals surface area contributed by atoms with Crippen molar-refractivity contribution in [3.05, 3.63) is 0 Å². The number of guanidine groups is 2. The zero-order chi connectivity index (χ0) is 7.15. The van der Waals surface area contributed by atoms with E-state index in [1.807, 2.05) is 0 Å². The van der Waals surface area contributed by atoms with E-state index in [-0.39, 0.29) is 24.3 Å². The Morgan fingerprint density at radius 3 is 0.778 bits per heavy atom. The largest absolute Gasteiger partial charge is 0.370 e. The number of nitrogens with two attached hydrogens (primary N) is 4. The van der Waals surface area contributed by atoms with E-state index in [0.717, 1.165) is 0 Å². The summed E-state index contributed by atoms with van der Waals surface area (Å²) in [7, 11) is 0. The zero-order valence-corrected chi connectivity index (χ0v) is 5.53. The van der Waals surface area contributed by atoms with Gasteiger partial charge in [0.2, 0.25) is 0 Å². The van der Waals surface area contributed by atoms with E-state index in [0.29, 0.717) is 0 Å². The van der Waals surface area contributed by atoms with Crippen molar-refractivity contribution < 1.29 is 0 Å². The van der Waals surface area contributed by atoms with Crippen molar-refractivity contribution >= 4 is 24.3 Å². The van der Waals surface area contributed by atoms with Crippen molar-refractivity contribution in [2.24, 2.45) is 22.9 Å². The molecule has 6 nitrogen and oxygen atoms in total. The predicted octanol–water partition coefficient (Wildman–Crippen LogP) is -1.90. The van der Waals surface area contributed by atoms with Crippen LogP contribution in [0.1, 0.15) is 0 Å². The van der Waals surface area contributed by atoms with Crippen molar-refractivity contribution in [1.82, 2.24) is 0 Å². The standard InChI is InChI=1S/2CH5N3.ClH/c2*2-1(3)4;/h2*(H5,2,3,4);1H. The molecule has 0 aliphatic carbocycles. The maximum absolute atomic E-state index is 6.06. The van der Waals surface area contributed by atoms with E-state index < -0.39 is 0 Å². The lowest BCUT2D eigenvalue weighted by molar-refractivity contribution is 1.38. The van der Waals surface area contributed by atoms with Gasteiger partial charge >= 0.3 is 0 Å². The molecule has 0 unspecified atom stereocenters. The van der Waals surface area contributed by atoms with Crippen LogP contribution in [-0.4, -0.2) is 11.9 Å². The minimum absolute atomic E-state index is 0. The molecule has 0 fully saturated rings. The number of nitrogens with one attached hydrogen (secondary N) is 2. The molecule has 0 radical (unpaired) electrons. The molecule has 0 amide bonds. The molecule has 10 N–H and O–H groups in total. The number of hydrogen-bond acceptors (Lipinski definition) is 2. The molecular weight excluding hydrogens is 144 g/mol. The maximum atomic E-state index is 6.06. The summed E-state index contributed by atoms with van der Waals surface area (Å²) in [5.74, 6) is -0.667. The molecule has 0 rings (SSSR count). The van der Waals surface area contributed by atoms with Crippen LogP contribution >= 0.6 is 12.4 Å². The van der Waals surface area contributed by atoms with Crippen molar-refractivity contribution in [1.29, 1.82) is 10.8 Å². The van der Waals surface area contributed by atoms with Gasteiger partial charge in [-0.1, -0.05) is 0 Å². The van der Waals surface area contributed by atoms with Gasteiger partial charge < -0.3 is 22.9 Å². The third-order valence-electron chi connectivity index (χ3n) is 0. The Balaban J connectivity index is -0.0000000720. The Bertz CT molecular complexity index is 69.1. The van der Waals surface area contributed by atoms with E-state index in [1.165, 1.54) is 0 Å². The van der Waals surface area contributed by atoms with Crippen LogP contribution in [0.2, 0.25) is 0 Å². The molecule has 0 aromatic carbocycles.